The number of nitrogens with one attached hydrogen (secondary N) is 4. The van der Waals surface area contributed by atoms with Gasteiger partial charge in [-0.25, -0.2) is 8.78 Å². The predicted molar refractivity (Wildman–Crippen MR) is 145 cm³/mol. The third kappa shape index (κ3) is 6.98. The molecule has 0 aliphatic carbocycles. The maximum atomic E-state index is 13.5. The van der Waals surface area contributed by atoms with E-state index in [1.54, 1.807) is 43.3 Å². The monoisotopic (exact) mass is 571 g/mol. The molecular weight excluding hydrogens is 536 g/mol. The zero-order chi connectivity index (χ0) is 29.7. The summed E-state index contributed by atoms with van der Waals surface area (Å²) in [6.45, 7) is 5.44. The zero-order valence-corrected chi connectivity index (χ0v) is 23.0. The van der Waals surface area contributed by atoms with Gasteiger partial charge in [0.1, 0.15) is 23.6 Å². The summed E-state index contributed by atoms with van der Waals surface area (Å²) in [6, 6.07) is 1.98. The number of hydrogen-bond acceptors (Lipinski definition) is 9. The lowest BCUT2D eigenvalue weighted by molar-refractivity contribution is -0.136. The van der Waals surface area contributed by atoms with E-state index in [1.165, 1.54) is 17.0 Å². The Hall–Kier alpha value is -4.09. The van der Waals surface area contributed by atoms with E-state index in [-0.39, 0.29) is 23.3 Å². The molecule has 41 heavy (non-hydrogen) atoms. The van der Waals surface area contributed by atoms with E-state index >= 15 is 0 Å². The highest BCUT2D eigenvalue weighted by Crippen LogP contribution is 2.23. The lowest BCUT2D eigenvalue weighted by Gasteiger charge is -2.47. The van der Waals surface area contributed by atoms with E-state index in [1.807, 2.05) is 0 Å². The number of dihydropyridines is 1. The second kappa shape index (κ2) is 12.6. The molecule has 0 spiro atoms. The van der Waals surface area contributed by atoms with Crippen LogP contribution in [-0.2, 0) is 15.1 Å². The summed E-state index contributed by atoms with van der Waals surface area (Å²) in [7, 11) is 0. The Balaban J connectivity index is 1.32. The van der Waals surface area contributed by atoms with Crippen LogP contribution in [0.2, 0.25) is 0 Å². The van der Waals surface area contributed by atoms with Gasteiger partial charge in [0.05, 0.1) is 30.0 Å². The van der Waals surface area contributed by atoms with Crippen molar-refractivity contribution in [2.24, 2.45) is 0 Å². The summed E-state index contributed by atoms with van der Waals surface area (Å²) in [5, 5.41) is 39.0. The highest BCUT2D eigenvalue weighted by molar-refractivity contribution is 6.05. The number of aromatic nitrogens is 2. The normalized spacial score (nSPS) is 20.6. The molecule has 1 aromatic rings. The molecule has 2 saturated heterocycles. The molecule has 1 aromatic heterocycles. The molecule has 4 heterocycles. The van der Waals surface area contributed by atoms with E-state index in [2.05, 4.69) is 32.0 Å². The van der Waals surface area contributed by atoms with Crippen molar-refractivity contribution in [3.63, 3.8) is 0 Å². The molecule has 220 valence electrons. The van der Waals surface area contributed by atoms with Gasteiger partial charge in [-0.15, -0.1) is 0 Å². The summed E-state index contributed by atoms with van der Waals surface area (Å²) >= 11 is 0. The molecule has 3 aliphatic rings. The number of alkyl halides is 2. The molecule has 4 rings (SSSR count). The standard InChI is InChI=1S/C27H35F2N9O3/c1-27(2,16-30)38-12-17(10-33-38)20-4-3-5-21(34-20)26(41)35-22(24(31)25(28)29)11-32-18-13-37(14-18)19-6-8-36(9-7-19)23(40)15-39/h3-5,10-12,18-20,25,31-32,34,39H,6-9,13-15H2,1-2H3,(H,35,41)/b22-11+,31-24?. The van der Waals surface area contributed by atoms with Crippen LogP contribution in [0.5, 0.6) is 0 Å². The second-order valence-corrected chi connectivity index (χ2v) is 10.8. The maximum Gasteiger partial charge on any atom is 0.281 e. The van der Waals surface area contributed by atoms with E-state index in [0.29, 0.717) is 37.8 Å². The lowest BCUT2D eigenvalue weighted by Crippen LogP contribution is -2.62. The second-order valence-electron chi connectivity index (χ2n) is 10.8. The fourth-order valence-electron chi connectivity index (χ4n) is 4.90. The summed E-state index contributed by atoms with van der Waals surface area (Å²) in [6.07, 6.45) is 8.02. The van der Waals surface area contributed by atoms with E-state index < -0.39 is 36.2 Å². The summed E-state index contributed by atoms with van der Waals surface area (Å²) in [4.78, 5) is 28.6. The number of carbonyl (C=O) groups is 2. The van der Waals surface area contributed by atoms with Gasteiger partial charge in [0.25, 0.3) is 12.3 Å². The molecule has 2 amide bonds. The van der Waals surface area contributed by atoms with Gasteiger partial charge in [-0.3, -0.25) is 24.6 Å². The number of carbonyl (C=O) groups excluding carboxylic acids is 2. The van der Waals surface area contributed by atoms with Crippen LogP contribution >= 0.6 is 0 Å². The van der Waals surface area contributed by atoms with Crippen molar-refractivity contribution < 1.29 is 23.5 Å². The van der Waals surface area contributed by atoms with Gasteiger partial charge < -0.3 is 26.0 Å². The van der Waals surface area contributed by atoms with Gasteiger partial charge in [-0.05, 0) is 32.8 Å². The summed E-state index contributed by atoms with van der Waals surface area (Å²) < 4.78 is 28.4. The first-order valence-electron chi connectivity index (χ1n) is 13.4. The topological polar surface area (TPSA) is 162 Å². The van der Waals surface area contributed by atoms with Gasteiger partial charge in [-0.1, -0.05) is 12.2 Å². The third-order valence-electron chi connectivity index (χ3n) is 7.53. The average Bonchev–Trinajstić information content (AvgIpc) is 3.47. The summed E-state index contributed by atoms with van der Waals surface area (Å²) in [5.41, 5.74) is -1.35. The molecule has 0 bridgehead atoms. The molecule has 5 N–H and O–H groups in total. The van der Waals surface area contributed by atoms with Crippen molar-refractivity contribution in [3.8, 4) is 6.07 Å². The minimum absolute atomic E-state index is 0.0435. The van der Waals surface area contributed by atoms with Gasteiger partial charge in [-0.2, -0.15) is 10.4 Å². The predicted octanol–water partition coefficient (Wildman–Crippen LogP) is 0.726. The van der Waals surface area contributed by atoms with Crippen LogP contribution in [0.3, 0.4) is 0 Å². The first-order chi connectivity index (χ1) is 19.5. The smallest absolute Gasteiger partial charge is 0.281 e. The molecule has 0 aromatic carbocycles. The third-order valence-corrected chi connectivity index (χ3v) is 7.53. The number of amides is 2. The minimum atomic E-state index is -3.08. The first-order valence-corrected chi connectivity index (χ1v) is 13.4. The van der Waals surface area contributed by atoms with E-state index in [4.69, 9.17) is 10.5 Å². The molecule has 2 fully saturated rings. The highest BCUT2D eigenvalue weighted by atomic mass is 19.3. The van der Waals surface area contributed by atoms with Gasteiger partial charge in [0.2, 0.25) is 5.91 Å². The number of allylic oxidation sites excluding steroid dienone is 3. The van der Waals surface area contributed by atoms with Gasteiger partial charge >= 0.3 is 0 Å². The number of likely N-dealkylation sites (tertiary alicyclic amines) is 2. The van der Waals surface area contributed by atoms with Crippen molar-refractivity contribution in [1.82, 2.24) is 35.5 Å². The molecule has 12 nitrogen and oxygen atoms in total. The summed E-state index contributed by atoms with van der Waals surface area (Å²) in [5.74, 6) is -0.948. The first kappa shape index (κ1) is 29.9. The maximum absolute atomic E-state index is 13.5. The lowest BCUT2D eigenvalue weighted by atomic mass is 9.97. The van der Waals surface area contributed by atoms with E-state index in [9.17, 15) is 23.6 Å². The van der Waals surface area contributed by atoms with E-state index in [0.717, 1.165) is 12.8 Å². The molecule has 0 saturated carbocycles. The number of hydrogen-bond donors (Lipinski definition) is 5. The molecule has 0 radical (unpaired) electrons. The van der Waals surface area contributed by atoms with Crippen molar-refractivity contribution in [1.29, 1.82) is 10.7 Å². The number of nitriles is 1. The molecule has 1 atom stereocenters. The number of nitrogens with zero attached hydrogens (tertiary/aromatic N) is 5. The fourth-order valence-corrected chi connectivity index (χ4v) is 4.90. The quantitative estimate of drug-likeness (QED) is 0.257. The number of halogens is 2. The van der Waals surface area contributed by atoms with Crippen molar-refractivity contribution in [2.45, 2.75) is 56.8 Å². The highest BCUT2D eigenvalue weighted by Gasteiger charge is 2.34. The van der Waals surface area contributed by atoms with Crippen LogP contribution in [0.15, 0.2) is 48.2 Å². The van der Waals surface area contributed by atoms with Gasteiger partial charge in [0, 0.05) is 50.2 Å². The van der Waals surface area contributed by atoms with Crippen LogP contribution in [0.25, 0.3) is 0 Å². The van der Waals surface area contributed by atoms with Crippen LogP contribution < -0.4 is 16.0 Å². The Kier molecular flexibility index (Phi) is 9.19. The van der Waals surface area contributed by atoms with Crippen LogP contribution in [-0.4, -0.2) is 93.5 Å². The van der Waals surface area contributed by atoms with Crippen LogP contribution in [0.1, 0.15) is 38.3 Å². The Morgan fingerprint density at radius 1 is 1.34 bits per heavy atom. The Bertz CT molecular complexity index is 1280. The number of piperidine rings is 1. The number of aliphatic hydroxyl groups is 1. The van der Waals surface area contributed by atoms with Crippen molar-refractivity contribution in [3.05, 3.63) is 53.8 Å². The average molecular weight is 572 g/mol. The Labute approximate surface area is 236 Å². The molecule has 14 heteroatoms. The van der Waals surface area contributed by atoms with Crippen molar-refractivity contribution in [2.75, 3.05) is 32.8 Å². The minimum Gasteiger partial charge on any atom is -0.387 e. The van der Waals surface area contributed by atoms with Crippen LogP contribution in [0.4, 0.5) is 8.78 Å². The fraction of sp³-hybridized carbons (Fsp3) is 0.519. The molecule has 1 unspecified atom stereocenters. The Morgan fingerprint density at radius 2 is 2.05 bits per heavy atom. The van der Waals surface area contributed by atoms with Crippen LogP contribution in [0, 0.1) is 16.7 Å². The Morgan fingerprint density at radius 3 is 2.68 bits per heavy atom. The molecular formula is C27H35F2N9O3. The van der Waals surface area contributed by atoms with Gasteiger partial charge in [0.15, 0.2) is 0 Å². The number of rotatable bonds is 10. The van der Waals surface area contributed by atoms with Crippen molar-refractivity contribution >= 4 is 17.5 Å². The molecule has 3 aliphatic heterocycles. The SMILES string of the molecule is CC(C)(C#N)n1cc(C2C=CC=C(C(=O)N/C(=C/NC3CN(C4CCN(C(=O)CO)CC4)C3)C(=N)C(F)F)N2)cn1. The number of aliphatic hydroxyl groups excluding tert-OH is 1. The zero-order valence-electron chi connectivity index (χ0n) is 23.0. The largest absolute Gasteiger partial charge is 0.387 e.